The molecule has 2 fully saturated rings. The van der Waals surface area contributed by atoms with Crippen LogP contribution in [0.25, 0.3) is 0 Å². The van der Waals surface area contributed by atoms with Crippen LogP contribution in [-0.2, 0) is 14.3 Å². The van der Waals surface area contributed by atoms with Gasteiger partial charge in [0.2, 0.25) is 0 Å². The minimum atomic E-state index is -0.398. The Balaban J connectivity index is 2.03. The van der Waals surface area contributed by atoms with Crippen LogP contribution in [0.2, 0.25) is 0 Å². The van der Waals surface area contributed by atoms with Crippen molar-refractivity contribution in [1.29, 1.82) is 0 Å². The van der Waals surface area contributed by atoms with Crippen LogP contribution in [0, 0.1) is 5.92 Å². The van der Waals surface area contributed by atoms with Crippen molar-refractivity contribution >= 4 is 22.9 Å². The number of esters is 1. The van der Waals surface area contributed by atoms with Crippen molar-refractivity contribution in [3.63, 3.8) is 0 Å². The lowest BCUT2D eigenvalue weighted by Crippen LogP contribution is -2.48. The first-order valence-electron chi connectivity index (χ1n) is 7.19. The van der Waals surface area contributed by atoms with Gasteiger partial charge in [0.05, 0.1) is 12.6 Å². The molecule has 0 aromatic rings. The van der Waals surface area contributed by atoms with Crippen molar-refractivity contribution in [2.24, 2.45) is 10.9 Å². The standard InChI is InChI=1S/C14H24N2O3S/c1-10(2)8-11(12(17)18-3)15-13-16-14(9-20-13)4-6-19-7-5-14/h10-11H,4-9H2,1-3H3,(H,15,16). The summed E-state index contributed by atoms with van der Waals surface area (Å²) in [6, 6.07) is -0.398. The first kappa shape index (κ1) is 15.6. The van der Waals surface area contributed by atoms with E-state index in [0.29, 0.717) is 12.3 Å². The number of hydrogen-bond acceptors (Lipinski definition) is 5. The van der Waals surface area contributed by atoms with Gasteiger partial charge >= 0.3 is 5.97 Å². The molecule has 5 nitrogen and oxygen atoms in total. The van der Waals surface area contributed by atoms with Crippen LogP contribution >= 0.6 is 11.8 Å². The maximum absolute atomic E-state index is 11.8. The van der Waals surface area contributed by atoms with Crippen LogP contribution in [0.3, 0.4) is 0 Å². The fourth-order valence-electron chi connectivity index (χ4n) is 2.53. The average molecular weight is 300 g/mol. The van der Waals surface area contributed by atoms with E-state index >= 15 is 0 Å². The second kappa shape index (κ2) is 6.80. The summed E-state index contributed by atoms with van der Waals surface area (Å²) in [6.07, 6.45) is 2.73. The maximum Gasteiger partial charge on any atom is 0.330 e. The minimum absolute atomic E-state index is 0.111. The van der Waals surface area contributed by atoms with Crippen LogP contribution in [-0.4, -0.2) is 48.8 Å². The first-order valence-corrected chi connectivity index (χ1v) is 8.17. The first-order chi connectivity index (χ1) is 9.54. The molecule has 0 radical (unpaired) electrons. The van der Waals surface area contributed by atoms with Gasteiger partial charge in [0.15, 0.2) is 11.2 Å². The van der Waals surface area contributed by atoms with E-state index in [9.17, 15) is 4.79 Å². The van der Waals surface area contributed by atoms with Crippen LogP contribution in [0.15, 0.2) is 4.99 Å². The molecule has 0 aliphatic carbocycles. The lowest BCUT2D eigenvalue weighted by molar-refractivity contribution is -0.142. The molecule has 2 aliphatic heterocycles. The summed E-state index contributed by atoms with van der Waals surface area (Å²) in [6.45, 7) is 5.77. The number of amidine groups is 1. The SMILES string of the molecule is COC(=O)C(CC(C)C)N=C1NC2(CCOCC2)CS1. The van der Waals surface area contributed by atoms with Gasteiger partial charge < -0.3 is 14.8 Å². The Kier molecular flexibility index (Phi) is 5.32. The fourth-order valence-corrected chi connectivity index (χ4v) is 3.80. The molecule has 1 atom stereocenters. The maximum atomic E-state index is 11.8. The quantitative estimate of drug-likeness (QED) is 0.803. The lowest BCUT2D eigenvalue weighted by atomic mass is 9.93. The van der Waals surface area contributed by atoms with Crippen LogP contribution in [0.4, 0.5) is 0 Å². The molecule has 6 heteroatoms. The highest BCUT2D eigenvalue weighted by atomic mass is 32.2. The second-order valence-corrected chi connectivity index (χ2v) is 6.87. The van der Waals surface area contributed by atoms with E-state index in [2.05, 4.69) is 24.2 Å². The van der Waals surface area contributed by atoms with E-state index in [1.807, 2.05) is 0 Å². The summed E-state index contributed by atoms with van der Waals surface area (Å²) in [4.78, 5) is 16.4. The van der Waals surface area contributed by atoms with E-state index in [4.69, 9.17) is 9.47 Å². The Bertz CT molecular complexity index is 379. The van der Waals surface area contributed by atoms with Crippen LogP contribution in [0.1, 0.15) is 33.1 Å². The van der Waals surface area contributed by atoms with Crippen molar-refractivity contribution < 1.29 is 14.3 Å². The smallest absolute Gasteiger partial charge is 0.330 e. The number of carbonyl (C=O) groups excluding carboxylic acids is 1. The molecule has 2 rings (SSSR count). The third-order valence-corrected chi connectivity index (χ3v) is 4.93. The summed E-state index contributed by atoms with van der Waals surface area (Å²) >= 11 is 1.71. The third-order valence-electron chi connectivity index (χ3n) is 3.75. The number of ether oxygens (including phenoxy) is 2. The molecule has 0 aromatic carbocycles. The number of hydrogen-bond donors (Lipinski definition) is 1. The average Bonchev–Trinajstić information content (AvgIpc) is 2.80. The third kappa shape index (κ3) is 3.88. The van der Waals surface area contributed by atoms with Crippen molar-refractivity contribution in [2.45, 2.75) is 44.7 Å². The predicted octanol–water partition coefficient (Wildman–Crippen LogP) is 1.82. The molecule has 2 saturated heterocycles. The molecule has 114 valence electrons. The second-order valence-electron chi connectivity index (χ2n) is 5.91. The van der Waals surface area contributed by atoms with Crippen molar-refractivity contribution in [3.8, 4) is 0 Å². The van der Waals surface area contributed by atoms with Crippen molar-refractivity contribution in [1.82, 2.24) is 5.32 Å². The molecule has 1 unspecified atom stereocenters. The molecule has 0 bridgehead atoms. The lowest BCUT2D eigenvalue weighted by Gasteiger charge is -2.32. The molecular weight excluding hydrogens is 276 g/mol. The highest BCUT2D eigenvalue weighted by molar-refractivity contribution is 8.14. The normalized spacial score (nSPS) is 24.9. The monoisotopic (exact) mass is 300 g/mol. The number of rotatable bonds is 4. The van der Waals surface area contributed by atoms with E-state index < -0.39 is 6.04 Å². The van der Waals surface area contributed by atoms with Gasteiger partial charge in [-0.1, -0.05) is 25.6 Å². The van der Waals surface area contributed by atoms with Crippen LogP contribution in [0.5, 0.6) is 0 Å². The summed E-state index contributed by atoms with van der Waals surface area (Å²) in [7, 11) is 1.42. The molecule has 2 aliphatic rings. The molecular formula is C14H24N2O3S. The Morgan fingerprint density at radius 2 is 2.20 bits per heavy atom. The molecule has 0 saturated carbocycles. The number of aliphatic imine (C=N–C) groups is 1. The largest absolute Gasteiger partial charge is 0.467 e. The minimum Gasteiger partial charge on any atom is -0.467 e. The zero-order valence-corrected chi connectivity index (χ0v) is 13.3. The van der Waals surface area contributed by atoms with Gasteiger partial charge in [-0.15, -0.1) is 0 Å². The zero-order chi connectivity index (χ0) is 14.6. The van der Waals surface area contributed by atoms with Gasteiger partial charge in [-0.05, 0) is 25.2 Å². The van der Waals surface area contributed by atoms with Gasteiger partial charge in [-0.3, -0.25) is 0 Å². The number of methoxy groups -OCH3 is 1. The van der Waals surface area contributed by atoms with Gasteiger partial charge in [0.25, 0.3) is 0 Å². The molecule has 0 amide bonds. The van der Waals surface area contributed by atoms with Gasteiger partial charge in [0, 0.05) is 19.0 Å². The van der Waals surface area contributed by atoms with E-state index in [1.165, 1.54) is 7.11 Å². The van der Waals surface area contributed by atoms with Crippen molar-refractivity contribution in [2.75, 3.05) is 26.1 Å². The summed E-state index contributed by atoms with van der Waals surface area (Å²) in [5, 5.41) is 4.39. The topological polar surface area (TPSA) is 59.9 Å². The highest BCUT2D eigenvalue weighted by Crippen LogP contribution is 2.32. The zero-order valence-electron chi connectivity index (χ0n) is 12.5. The van der Waals surface area contributed by atoms with Gasteiger partial charge in [-0.25, -0.2) is 9.79 Å². The van der Waals surface area contributed by atoms with Gasteiger partial charge in [-0.2, -0.15) is 0 Å². The molecule has 1 N–H and O–H groups in total. The molecule has 20 heavy (non-hydrogen) atoms. The Labute approximate surface area is 124 Å². The molecule has 0 aromatic heterocycles. The van der Waals surface area contributed by atoms with E-state index in [-0.39, 0.29) is 11.5 Å². The molecule has 2 heterocycles. The van der Waals surface area contributed by atoms with E-state index in [0.717, 1.165) is 37.0 Å². The Morgan fingerprint density at radius 1 is 1.50 bits per heavy atom. The number of nitrogens with one attached hydrogen (secondary N) is 1. The predicted molar refractivity (Wildman–Crippen MR) is 81.1 cm³/mol. The van der Waals surface area contributed by atoms with Crippen molar-refractivity contribution in [3.05, 3.63) is 0 Å². The number of nitrogens with zero attached hydrogens (tertiary/aromatic N) is 1. The number of thioether (sulfide) groups is 1. The van der Waals surface area contributed by atoms with E-state index in [1.54, 1.807) is 11.8 Å². The summed E-state index contributed by atoms with van der Waals surface area (Å²) < 4.78 is 10.3. The van der Waals surface area contributed by atoms with Gasteiger partial charge in [0.1, 0.15) is 0 Å². The fraction of sp³-hybridized carbons (Fsp3) is 0.857. The van der Waals surface area contributed by atoms with Crippen LogP contribution < -0.4 is 5.32 Å². The number of carbonyl (C=O) groups is 1. The summed E-state index contributed by atoms with van der Waals surface area (Å²) in [5.41, 5.74) is 0.111. The summed E-state index contributed by atoms with van der Waals surface area (Å²) in [5.74, 6) is 1.17. The molecule has 1 spiro atoms. The Hall–Kier alpha value is -0.750. The Morgan fingerprint density at radius 3 is 2.80 bits per heavy atom. The highest BCUT2D eigenvalue weighted by Gasteiger charge is 2.39.